The van der Waals surface area contributed by atoms with Gasteiger partial charge in [-0.3, -0.25) is 0 Å². The van der Waals surface area contributed by atoms with Crippen LogP contribution in [0.3, 0.4) is 0 Å². The highest BCUT2D eigenvalue weighted by Gasteiger charge is 2.20. The van der Waals surface area contributed by atoms with Crippen LogP contribution in [0.2, 0.25) is 0 Å². The second kappa shape index (κ2) is 12.1. The summed E-state index contributed by atoms with van der Waals surface area (Å²) in [4.78, 5) is 20.2. The Morgan fingerprint density at radius 3 is 1.59 bits per heavy atom. The van der Waals surface area contributed by atoms with E-state index in [2.05, 4.69) is 109 Å². The van der Waals surface area contributed by atoms with Gasteiger partial charge >= 0.3 is 0 Å². The smallest absolute Gasteiger partial charge is 0.164 e. The van der Waals surface area contributed by atoms with Gasteiger partial charge in [-0.05, 0) is 34.0 Å². The van der Waals surface area contributed by atoms with Gasteiger partial charge in [0, 0.05) is 47.8 Å². The second-order valence-electron chi connectivity index (χ2n) is 12.6. The fraction of sp³-hybridized carbons (Fsp3) is 0. The van der Waals surface area contributed by atoms with Gasteiger partial charge in [-0.25, -0.2) is 19.9 Å². The van der Waals surface area contributed by atoms with E-state index >= 15 is 0 Å². The highest BCUT2D eigenvalue weighted by molar-refractivity contribution is 7.26. The lowest BCUT2D eigenvalue weighted by Crippen LogP contribution is -2.00. The molecule has 0 fully saturated rings. The van der Waals surface area contributed by atoms with Crippen LogP contribution in [-0.2, 0) is 0 Å². The molecule has 0 amide bonds. The molecule has 238 valence electrons. The molecule has 4 nitrogen and oxygen atoms in total. The minimum atomic E-state index is 0.631. The maximum atomic E-state index is 5.44. The van der Waals surface area contributed by atoms with Gasteiger partial charge in [-0.1, -0.05) is 158 Å². The summed E-state index contributed by atoms with van der Waals surface area (Å²) >= 11 is 1.85. The van der Waals surface area contributed by atoms with E-state index in [1.165, 1.54) is 47.5 Å². The SMILES string of the molecule is c1ccc(-c2nc(-c3ccccc3)nc(-c3ccc(-c4nc5cccc(-c6cccc7ccccc67)c5c5sc6ccccc6c45)cc3)n2)cc1. The molecule has 10 aromatic rings. The van der Waals surface area contributed by atoms with Crippen LogP contribution in [0.25, 0.3) is 98.4 Å². The van der Waals surface area contributed by atoms with Gasteiger partial charge < -0.3 is 0 Å². The van der Waals surface area contributed by atoms with Crippen LogP contribution in [0.15, 0.2) is 170 Å². The third-order valence-electron chi connectivity index (χ3n) is 9.53. The lowest BCUT2D eigenvalue weighted by molar-refractivity contribution is 1.07. The van der Waals surface area contributed by atoms with Crippen LogP contribution in [0.1, 0.15) is 0 Å². The molecule has 7 aromatic carbocycles. The average molecular weight is 669 g/mol. The van der Waals surface area contributed by atoms with E-state index in [0.29, 0.717) is 17.5 Å². The number of hydrogen-bond acceptors (Lipinski definition) is 5. The molecule has 0 bridgehead atoms. The Morgan fingerprint density at radius 2 is 0.882 bits per heavy atom. The maximum Gasteiger partial charge on any atom is 0.164 e. The van der Waals surface area contributed by atoms with Crippen molar-refractivity contribution in [3.05, 3.63) is 170 Å². The first kappa shape index (κ1) is 29.4. The number of nitrogens with zero attached hydrogens (tertiary/aromatic N) is 4. The molecule has 0 unspecified atom stereocenters. The van der Waals surface area contributed by atoms with Crippen molar-refractivity contribution in [3.8, 4) is 56.5 Å². The number of benzene rings is 7. The molecule has 0 saturated heterocycles. The Balaban J connectivity index is 1.16. The zero-order valence-electron chi connectivity index (χ0n) is 27.4. The topological polar surface area (TPSA) is 51.6 Å². The van der Waals surface area contributed by atoms with E-state index in [-0.39, 0.29) is 0 Å². The van der Waals surface area contributed by atoms with E-state index in [9.17, 15) is 0 Å². The van der Waals surface area contributed by atoms with Gasteiger partial charge in [-0.2, -0.15) is 0 Å². The second-order valence-corrected chi connectivity index (χ2v) is 13.7. The van der Waals surface area contributed by atoms with Crippen molar-refractivity contribution in [2.75, 3.05) is 0 Å². The predicted octanol–water partition coefficient (Wildman–Crippen LogP) is 12.3. The molecule has 0 N–H and O–H groups in total. The Labute approximate surface area is 298 Å². The standard InChI is InChI=1S/C46H28N4S/c1-3-14-31(15-4-1)44-48-45(32-16-5-2-6-17-32)50-46(49-44)33-27-25-30(26-28-33)42-41-37-20-9-10-24-39(37)51-43(41)40-36(22-12-23-38(40)47-42)35-21-11-18-29-13-7-8-19-34(29)35/h1-28H. The van der Waals surface area contributed by atoms with Crippen LogP contribution in [0, 0.1) is 0 Å². The summed E-state index contributed by atoms with van der Waals surface area (Å²) < 4.78 is 2.50. The predicted molar refractivity (Wildman–Crippen MR) is 213 cm³/mol. The summed E-state index contributed by atoms with van der Waals surface area (Å²) in [6.45, 7) is 0. The molecule has 0 radical (unpaired) electrons. The van der Waals surface area contributed by atoms with Crippen molar-refractivity contribution in [2.24, 2.45) is 0 Å². The largest absolute Gasteiger partial charge is 0.247 e. The molecular weight excluding hydrogens is 641 g/mol. The molecule has 10 rings (SSSR count). The van der Waals surface area contributed by atoms with Crippen molar-refractivity contribution >= 4 is 53.2 Å². The number of aromatic nitrogens is 4. The highest BCUT2D eigenvalue weighted by Crippen LogP contribution is 2.46. The summed E-state index contributed by atoms with van der Waals surface area (Å²) in [5, 5.41) is 6.06. The first-order chi connectivity index (χ1) is 25.3. The van der Waals surface area contributed by atoms with Gasteiger partial charge in [-0.15, -0.1) is 11.3 Å². The van der Waals surface area contributed by atoms with E-state index in [1.54, 1.807) is 0 Å². The molecule has 0 aliphatic rings. The number of rotatable bonds is 5. The van der Waals surface area contributed by atoms with Gasteiger partial charge in [0.2, 0.25) is 0 Å². The molecule has 0 saturated carbocycles. The van der Waals surface area contributed by atoms with Crippen LogP contribution >= 0.6 is 11.3 Å². The monoisotopic (exact) mass is 668 g/mol. The first-order valence-electron chi connectivity index (χ1n) is 17.0. The van der Waals surface area contributed by atoms with Crippen molar-refractivity contribution in [1.29, 1.82) is 0 Å². The van der Waals surface area contributed by atoms with Crippen molar-refractivity contribution < 1.29 is 0 Å². The lowest BCUT2D eigenvalue weighted by Gasteiger charge is -2.13. The minimum absolute atomic E-state index is 0.631. The van der Waals surface area contributed by atoms with Crippen molar-refractivity contribution in [3.63, 3.8) is 0 Å². The summed E-state index contributed by atoms with van der Waals surface area (Å²) in [6, 6.07) is 59.1. The maximum absolute atomic E-state index is 5.44. The van der Waals surface area contributed by atoms with Crippen LogP contribution in [-0.4, -0.2) is 19.9 Å². The van der Waals surface area contributed by atoms with Gasteiger partial charge in [0.05, 0.1) is 11.2 Å². The lowest BCUT2D eigenvalue weighted by atomic mass is 9.93. The van der Waals surface area contributed by atoms with E-state index < -0.39 is 0 Å². The van der Waals surface area contributed by atoms with Crippen LogP contribution in [0.4, 0.5) is 0 Å². The van der Waals surface area contributed by atoms with Gasteiger partial charge in [0.15, 0.2) is 17.5 Å². The number of hydrogen-bond donors (Lipinski definition) is 0. The molecule has 0 aliphatic carbocycles. The number of fused-ring (bicyclic) bond motifs is 6. The zero-order chi connectivity index (χ0) is 33.7. The fourth-order valence-electron chi connectivity index (χ4n) is 7.11. The van der Waals surface area contributed by atoms with Gasteiger partial charge in [0.1, 0.15) is 0 Å². The highest BCUT2D eigenvalue weighted by atomic mass is 32.1. The molecule has 0 atom stereocenters. The molecule has 3 heterocycles. The Bertz CT molecular complexity index is 2840. The third-order valence-corrected chi connectivity index (χ3v) is 10.7. The summed E-state index contributed by atoms with van der Waals surface area (Å²) in [5.74, 6) is 1.92. The molecular formula is C46H28N4S. The minimum Gasteiger partial charge on any atom is -0.247 e. The Kier molecular flexibility index (Phi) is 6.96. The van der Waals surface area contributed by atoms with Crippen molar-refractivity contribution in [2.45, 2.75) is 0 Å². The first-order valence-corrected chi connectivity index (χ1v) is 17.8. The van der Waals surface area contributed by atoms with Gasteiger partial charge in [0.25, 0.3) is 0 Å². The Morgan fingerprint density at radius 1 is 0.353 bits per heavy atom. The van der Waals surface area contributed by atoms with E-state index in [4.69, 9.17) is 19.9 Å². The third kappa shape index (κ3) is 5.06. The molecule has 3 aromatic heterocycles. The summed E-state index contributed by atoms with van der Waals surface area (Å²) in [6.07, 6.45) is 0. The van der Waals surface area contributed by atoms with Crippen LogP contribution < -0.4 is 0 Å². The summed E-state index contributed by atoms with van der Waals surface area (Å²) in [7, 11) is 0. The Hall–Kier alpha value is -6.56. The van der Waals surface area contributed by atoms with E-state index in [0.717, 1.165) is 33.5 Å². The van der Waals surface area contributed by atoms with Crippen LogP contribution in [0.5, 0.6) is 0 Å². The zero-order valence-corrected chi connectivity index (χ0v) is 28.2. The molecule has 0 aliphatic heterocycles. The molecule has 51 heavy (non-hydrogen) atoms. The van der Waals surface area contributed by atoms with Crippen molar-refractivity contribution in [1.82, 2.24) is 19.9 Å². The number of thiophene rings is 1. The summed E-state index contributed by atoms with van der Waals surface area (Å²) in [5.41, 5.74) is 8.24. The molecule has 5 heteroatoms. The normalized spacial score (nSPS) is 11.5. The number of pyridine rings is 1. The average Bonchev–Trinajstić information content (AvgIpc) is 3.60. The fourth-order valence-corrected chi connectivity index (χ4v) is 8.39. The van der Waals surface area contributed by atoms with E-state index in [1.807, 2.05) is 72.0 Å². The quantitative estimate of drug-likeness (QED) is 0.183. The molecule has 0 spiro atoms.